The maximum absolute atomic E-state index is 5.64. The molecular formula is C17H22N2O. The summed E-state index contributed by atoms with van der Waals surface area (Å²) in [6.45, 7) is 6.57. The first kappa shape index (κ1) is 14.5. The van der Waals surface area contributed by atoms with Crippen LogP contribution in [0.3, 0.4) is 0 Å². The summed E-state index contributed by atoms with van der Waals surface area (Å²) in [7, 11) is 0. The molecule has 0 aliphatic heterocycles. The average Bonchev–Trinajstić information content (AvgIpc) is 2.48. The van der Waals surface area contributed by atoms with Crippen LogP contribution in [0.5, 0.6) is 5.75 Å². The largest absolute Gasteiger partial charge is 0.494 e. The molecule has 0 aliphatic carbocycles. The van der Waals surface area contributed by atoms with Gasteiger partial charge in [0.1, 0.15) is 5.75 Å². The molecule has 0 fully saturated rings. The van der Waals surface area contributed by atoms with Crippen molar-refractivity contribution in [1.29, 1.82) is 0 Å². The molecule has 3 heteroatoms. The molecule has 2 rings (SSSR count). The Kier molecular flexibility index (Phi) is 5.56. The van der Waals surface area contributed by atoms with Crippen molar-refractivity contribution in [3.05, 3.63) is 59.4 Å². The molecule has 1 heterocycles. The number of pyridine rings is 1. The van der Waals surface area contributed by atoms with Gasteiger partial charge in [-0.1, -0.05) is 25.1 Å². The van der Waals surface area contributed by atoms with Crippen LogP contribution >= 0.6 is 0 Å². The van der Waals surface area contributed by atoms with Gasteiger partial charge >= 0.3 is 0 Å². The Balaban J connectivity index is 1.86. The van der Waals surface area contributed by atoms with Crippen molar-refractivity contribution in [2.24, 2.45) is 0 Å². The Labute approximate surface area is 121 Å². The van der Waals surface area contributed by atoms with Gasteiger partial charge in [0.2, 0.25) is 0 Å². The van der Waals surface area contributed by atoms with Gasteiger partial charge in [-0.25, -0.2) is 0 Å². The number of aromatic nitrogens is 1. The zero-order valence-corrected chi connectivity index (χ0v) is 12.2. The second-order valence-electron chi connectivity index (χ2n) is 4.87. The van der Waals surface area contributed by atoms with Gasteiger partial charge < -0.3 is 10.1 Å². The molecule has 0 aliphatic rings. The van der Waals surface area contributed by atoms with E-state index < -0.39 is 0 Å². The average molecular weight is 270 g/mol. The van der Waals surface area contributed by atoms with E-state index in [-0.39, 0.29) is 0 Å². The van der Waals surface area contributed by atoms with Gasteiger partial charge in [-0.3, -0.25) is 4.98 Å². The van der Waals surface area contributed by atoms with Gasteiger partial charge in [0.05, 0.1) is 12.3 Å². The standard InChI is InChI=1S/C17H22N2O/c1-3-10-20-16-8-4-7-15(11-16)12-18-13-17-14(2)6-5-9-19-17/h4-9,11,18H,3,10,12-13H2,1-2H3. The molecule has 1 aromatic carbocycles. The van der Waals surface area contributed by atoms with Crippen molar-refractivity contribution >= 4 is 0 Å². The minimum atomic E-state index is 0.768. The van der Waals surface area contributed by atoms with Crippen molar-refractivity contribution in [2.75, 3.05) is 6.61 Å². The summed E-state index contributed by atoms with van der Waals surface area (Å²) >= 11 is 0. The van der Waals surface area contributed by atoms with Crippen LogP contribution in [-0.2, 0) is 13.1 Å². The van der Waals surface area contributed by atoms with Crippen LogP contribution in [0.25, 0.3) is 0 Å². The molecule has 0 saturated heterocycles. The highest BCUT2D eigenvalue weighted by molar-refractivity contribution is 5.28. The number of nitrogens with one attached hydrogen (secondary N) is 1. The summed E-state index contributed by atoms with van der Waals surface area (Å²) in [5.74, 6) is 0.945. The highest BCUT2D eigenvalue weighted by Gasteiger charge is 2.00. The minimum Gasteiger partial charge on any atom is -0.494 e. The summed E-state index contributed by atoms with van der Waals surface area (Å²) in [4.78, 5) is 4.38. The van der Waals surface area contributed by atoms with Gasteiger partial charge in [0.25, 0.3) is 0 Å². The van der Waals surface area contributed by atoms with Crippen LogP contribution in [0.4, 0.5) is 0 Å². The van der Waals surface area contributed by atoms with E-state index in [0.717, 1.165) is 37.6 Å². The van der Waals surface area contributed by atoms with Crippen LogP contribution in [0.2, 0.25) is 0 Å². The summed E-state index contributed by atoms with van der Waals surface area (Å²) in [6.07, 6.45) is 2.87. The molecule has 1 aromatic heterocycles. The van der Waals surface area contributed by atoms with E-state index in [1.54, 1.807) is 0 Å². The lowest BCUT2D eigenvalue weighted by atomic mass is 10.2. The molecular weight excluding hydrogens is 248 g/mol. The van der Waals surface area contributed by atoms with Crippen LogP contribution in [-0.4, -0.2) is 11.6 Å². The number of benzene rings is 1. The molecule has 0 saturated carbocycles. The van der Waals surface area contributed by atoms with Gasteiger partial charge in [0, 0.05) is 19.3 Å². The van der Waals surface area contributed by atoms with E-state index in [4.69, 9.17) is 4.74 Å². The van der Waals surface area contributed by atoms with Gasteiger partial charge in [0.15, 0.2) is 0 Å². The summed E-state index contributed by atoms with van der Waals surface area (Å²) in [5.41, 5.74) is 3.55. The monoisotopic (exact) mass is 270 g/mol. The number of hydrogen-bond acceptors (Lipinski definition) is 3. The maximum atomic E-state index is 5.64. The van der Waals surface area contributed by atoms with Crippen molar-refractivity contribution < 1.29 is 4.74 Å². The molecule has 0 spiro atoms. The molecule has 20 heavy (non-hydrogen) atoms. The SMILES string of the molecule is CCCOc1cccc(CNCc2ncccc2C)c1. The molecule has 0 unspecified atom stereocenters. The first-order chi connectivity index (χ1) is 9.79. The Morgan fingerprint density at radius 1 is 1.15 bits per heavy atom. The fraction of sp³-hybridized carbons (Fsp3) is 0.353. The Morgan fingerprint density at radius 3 is 2.85 bits per heavy atom. The molecule has 3 nitrogen and oxygen atoms in total. The summed E-state index contributed by atoms with van der Waals surface area (Å²) in [5, 5.41) is 3.42. The fourth-order valence-electron chi connectivity index (χ4n) is 1.99. The smallest absolute Gasteiger partial charge is 0.119 e. The Bertz CT molecular complexity index is 540. The van der Waals surface area contributed by atoms with Gasteiger partial charge in [-0.2, -0.15) is 0 Å². The molecule has 0 atom stereocenters. The predicted octanol–water partition coefficient (Wildman–Crippen LogP) is 3.47. The molecule has 1 N–H and O–H groups in total. The molecule has 0 amide bonds. The predicted molar refractivity (Wildman–Crippen MR) is 81.7 cm³/mol. The Morgan fingerprint density at radius 2 is 2.05 bits per heavy atom. The van der Waals surface area contributed by atoms with Crippen LogP contribution in [0, 0.1) is 6.92 Å². The van der Waals surface area contributed by atoms with Crippen molar-refractivity contribution in [3.63, 3.8) is 0 Å². The minimum absolute atomic E-state index is 0.768. The molecule has 106 valence electrons. The first-order valence-electron chi connectivity index (χ1n) is 7.12. The van der Waals surface area contributed by atoms with E-state index in [0.29, 0.717) is 0 Å². The van der Waals surface area contributed by atoms with Gasteiger partial charge in [-0.05, 0) is 42.7 Å². The number of ether oxygens (including phenoxy) is 1. The fourth-order valence-corrected chi connectivity index (χ4v) is 1.99. The van der Waals surface area contributed by atoms with E-state index in [9.17, 15) is 0 Å². The lowest BCUT2D eigenvalue weighted by molar-refractivity contribution is 0.317. The lowest BCUT2D eigenvalue weighted by Crippen LogP contribution is -2.14. The number of rotatable bonds is 7. The maximum Gasteiger partial charge on any atom is 0.119 e. The van der Waals surface area contributed by atoms with Crippen LogP contribution in [0.1, 0.15) is 30.2 Å². The first-order valence-corrected chi connectivity index (χ1v) is 7.12. The van der Waals surface area contributed by atoms with E-state index in [2.05, 4.69) is 42.3 Å². The van der Waals surface area contributed by atoms with E-state index in [1.807, 2.05) is 24.4 Å². The third kappa shape index (κ3) is 4.35. The zero-order chi connectivity index (χ0) is 14.2. The highest BCUT2D eigenvalue weighted by Crippen LogP contribution is 2.13. The third-order valence-corrected chi connectivity index (χ3v) is 3.11. The molecule has 0 bridgehead atoms. The summed E-state index contributed by atoms with van der Waals surface area (Å²) < 4.78 is 5.64. The Hall–Kier alpha value is -1.87. The zero-order valence-electron chi connectivity index (χ0n) is 12.2. The quantitative estimate of drug-likeness (QED) is 0.836. The van der Waals surface area contributed by atoms with Crippen molar-refractivity contribution in [3.8, 4) is 5.75 Å². The van der Waals surface area contributed by atoms with E-state index in [1.165, 1.54) is 11.1 Å². The highest BCUT2D eigenvalue weighted by atomic mass is 16.5. The normalized spacial score (nSPS) is 10.5. The van der Waals surface area contributed by atoms with Crippen molar-refractivity contribution in [2.45, 2.75) is 33.4 Å². The second kappa shape index (κ2) is 7.65. The van der Waals surface area contributed by atoms with E-state index >= 15 is 0 Å². The third-order valence-electron chi connectivity index (χ3n) is 3.11. The molecule has 2 aromatic rings. The number of hydrogen-bond donors (Lipinski definition) is 1. The second-order valence-corrected chi connectivity index (χ2v) is 4.87. The van der Waals surface area contributed by atoms with Crippen LogP contribution < -0.4 is 10.1 Å². The number of aryl methyl sites for hydroxylation is 1. The van der Waals surface area contributed by atoms with Gasteiger partial charge in [-0.15, -0.1) is 0 Å². The summed E-state index contributed by atoms with van der Waals surface area (Å²) in [6, 6.07) is 12.3. The topological polar surface area (TPSA) is 34.1 Å². The molecule has 0 radical (unpaired) electrons. The van der Waals surface area contributed by atoms with Crippen LogP contribution in [0.15, 0.2) is 42.6 Å². The number of nitrogens with zero attached hydrogens (tertiary/aromatic N) is 1. The van der Waals surface area contributed by atoms with Crippen molar-refractivity contribution in [1.82, 2.24) is 10.3 Å². The lowest BCUT2D eigenvalue weighted by Gasteiger charge is -2.09.